The Kier molecular flexibility index (Phi) is 6.29. The Morgan fingerprint density at radius 3 is 2.77 bits per heavy atom. The van der Waals surface area contributed by atoms with Crippen molar-refractivity contribution in [2.75, 3.05) is 19.6 Å². The monoisotopic (exact) mass is 376 g/mol. The summed E-state index contributed by atoms with van der Waals surface area (Å²) in [6, 6.07) is 13.2. The van der Waals surface area contributed by atoms with Crippen molar-refractivity contribution in [3.05, 3.63) is 42.5 Å². The smallest absolute Gasteiger partial charge is 0.241 e. The molecular formula is C20H28N2O3S. The second-order valence-electron chi connectivity index (χ2n) is 7.04. The summed E-state index contributed by atoms with van der Waals surface area (Å²) in [6.45, 7) is 3.68. The highest BCUT2D eigenvalue weighted by molar-refractivity contribution is 7.89. The molecule has 26 heavy (non-hydrogen) atoms. The number of hydrogen-bond acceptors (Lipinski definition) is 4. The highest BCUT2D eigenvalue weighted by atomic mass is 32.2. The molecule has 1 aliphatic heterocycles. The summed E-state index contributed by atoms with van der Waals surface area (Å²) < 4.78 is 28.0. The molecule has 2 aromatic carbocycles. The van der Waals surface area contributed by atoms with Crippen LogP contribution < -0.4 is 4.72 Å². The number of hydrogen-bond donors (Lipinski definition) is 2. The van der Waals surface area contributed by atoms with Gasteiger partial charge in [-0.1, -0.05) is 49.7 Å². The van der Waals surface area contributed by atoms with Gasteiger partial charge in [-0.2, -0.15) is 0 Å². The van der Waals surface area contributed by atoms with E-state index in [1.54, 1.807) is 18.2 Å². The summed E-state index contributed by atoms with van der Waals surface area (Å²) in [6.07, 6.45) is 3.88. The molecule has 5 nitrogen and oxygen atoms in total. The molecule has 0 unspecified atom stereocenters. The van der Waals surface area contributed by atoms with Crippen LogP contribution in [0.3, 0.4) is 0 Å². The average molecular weight is 377 g/mol. The van der Waals surface area contributed by atoms with Crippen LogP contribution in [0.4, 0.5) is 0 Å². The minimum absolute atomic E-state index is 0.0263. The van der Waals surface area contributed by atoms with E-state index >= 15 is 0 Å². The lowest BCUT2D eigenvalue weighted by Gasteiger charge is -2.36. The molecule has 0 radical (unpaired) electrons. The highest BCUT2D eigenvalue weighted by Crippen LogP contribution is 2.23. The van der Waals surface area contributed by atoms with Crippen LogP contribution in [0.15, 0.2) is 47.4 Å². The van der Waals surface area contributed by atoms with Gasteiger partial charge in [0, 0.05) is 24.5 Å². The lowest BCUT2D eigenvalue weighted by molar-refractivity contribution is 0.0683. The molecule has 3 rings (SSSR count). The van der Waals surface area contributed by atoms with Crippen molar-refractivity contribution >= 4 is 20.8 Å². The lowest BCUT2D eigenvalue weighted by atomic mass is 9.99. The normalized spacial score (nSPS) is 20.3. The van der Waals surface area contributed by atoms with Crippen LogP contribution in [0, 0.1) is 0 Å². The third-order valence-electron chi connectivity index (χ3n) is 5.21. The molecule has 1 aliphatic rings. The minimum Gasteiger partial charge on any atom is -0.390 e. The summed E-state index contributed by atoms with van der Waals surface area (Å²) in [7, 11) is -3.67. The quantitative estimate of drug-likeness (QED) is 0.780. The molecule has 0 aromatic heterocycles. The van der Waals surface area contributed by atoms with Crippen LogP contribution in [-0.4, -0.2) is 50.2 Å². The Labute approximate surface area is 156 Å². The molecule has 0 bridgehead atoms. The molecule has 0 amide bonds. The van der Waals surface area contributed by atoms with Gasteiger partial charge in [0.15, 0.2) is 0 Å². The topological polar surface area (TPSA) is 69.6 Å². The van der Waals surface area contributed by atoms with Crippen molar-refractivity contribution in [1.29, 1.82) is 0 Å². The van der Waals surface area contributed by atoms with Gasteiger partial charge in [0.05, 0.1) is 11.0 Å². The molecule has 0 aliphatic carbocycles. The SMILES string of the molecule is CC[C@@H]1CCCCN1C[C@@H](O)CNS(=O)(=O)c1cccc2ccccc12. The second-order valence-corrected chi connectivity index (χ2v) is 8.77. The number of nitrogens with zero attached hydrogens (tertiary/aromatic N) is 1. The Balaban J connectivity index is 1.66. The number of benzene rings is 2. The van der Waals surface area contributed by atoms with E-state index < -0.39 is 16.1 Å². The molecule has 0 saturated carbocycles. The number of rotatable bonds is 7. The molecule has 2 atom stereocenters. The van der Waals surface area contributed by atoms with Gasteiger partial charge < -0.3 is 5.11 Å². The van der Waals surface area contributed by atoms with Crippen molar-refractivity contribution < 1.29 is 13.5 Å². The largest absolute Gasteiger partial charge is 0.390 e. The predicted molar refractivity (Wildman–Crippen MR) is 105 cm³/mol. The molecule has 1 saturated heterocycles. The Morgan fingerprint density at radius 2 is 1.96 bits per heavy atom. The molecule has 2 N–H and O–H groups in total. The van der Waals surface area contributed by atoms with E-state index in [9.17, 15) is 13.5 Å². The number of fused-ring (bicyclic) bond motifs is 1. The molecule has 6 heteroatoms. The van der Waals surface area contributed by atoms with Gasteiger partial charge in [-0.25, -0.2) is 13.1 Å². The fourth-order valence-corrected chi connectivity index (χ4v) is 5.11. The van der Waals surface area contributed by atoms with Crippen molar-refractivity contribution in [2.24, 2.45) is 0 Å². The van der Waals surface area contributed by atoms with Gasteiger partial charge in [-0.05, 0) is 37.3 Å². The Hall–Kier alpha value is -1.47. The average Bonchev–Trinajstić information content (AvgIpc) is 2.66. The highest BCUT2D eigenvalue weighted by Gasteiger charge is 2.24. The van der Waals surface area contributed by atoms with Gasteiger partial charge in [-0.3, -0.25) is 4.90 Å². The van der Waals surface area contributed by atoms with E-state index in [0.717, 1.165) is 31.2 Å². The van der Waals surface area contributed by atoms with E-state index in [2.05, 4.69) is 16.5 Å². The van der Waals surface area contributed by atoms with Crippen molar-refractivity contribution in [1.82, 2.24) is 9.62 Å². The summed E-state index contributed by atoms with van der Waals surface area (Å²) in [4.78, 5) is 2.55. The first kappa shape index (κ1) is 19.3. The molecule has 1 fully saturated rings. The maximum Gasteiger partial charge on any atom is 0.241 e. The number of β-amino-alcohol motifs (C(OH)–C–C–N with tert-alkyl or cyclic N) is 1. The summed E-state index contributed by atoms with van der Waals surface area (Å²) in [5.74, 6) is 0. The Morgan fingerprint density at radius 1 is 1.19 bits per heavy atom. The standard InChI is InChI=1S/C20H28N2O3S/c1-2-17-10-5-6-13-22(17)15-18(23)14-21-26(24,25)20-12-7-9-16-8-3-4-11-19(16)20/h3-4,7-9,11-12,17-18,21,23H,2,5-6,10,13-15H2,1H3/t17-,18+/m1/s1. The molecule has 0 spiro atoms. The second kappa shape index (κ2) is 8.48. The molecule has 142 valence electrons. The summed E-state index contributed by atoms with van der Waals surface area (Å²) >= 11 is 0. The Bertz CT molecular complexity index is 833. The van der Waals surface area contributed by atoms with E-state index in [1.165, 1.54) is 6.42 Å². The fraction of sp³-hybridized carbons (Fsp3) is 0.500. The number of sulfonamides is 1. The third-order valence-corrected chi connectivity index (χ3v) is 6.70. The number of aliphatic hydroxyl groups excluding tert-OH is 1. The molecular weight excluding hydrogens is 348 g/mol. The van der Waals surface area contributed by atoms with Crippen LogP contribution in [0.25, 0.3) is 10.8 Å². The fourth-order valence-electron chi connectivity index (χ4n) is 3.81. The third kappa shape index (κ3) is 4.43. The first-order valence-electron chi connectivity index (χ1n) is 9.41. The lowest BCUT2D eigenvalue weighted by Crippen LogP contribution is -2.46. The van der Waals surface area contributed by atoms with Crippen molar-refractivity contribution in [2.45, 2.75) is 49.6 Å². The summed E-state index contributed by atoms with van der Waals surface area (Å²) in [5.41, 5.74) is 0. The maximum atomic E-state index is 12.7. The van der Waals surface area contributed by atoms with Crippen LogP contribution in [0.1, 0.15) is 32.6 Å². The van der Waals surface area contributed by atoms with E-state index in [1.807, 2.05) is 24.3 Å². The summed E-state index contributed by atoms with van der Waals surface area (Å²) in [5, 5.41) is 11.9. The van der Waals surface area contributed by atoms with Crippen LogP contribution in [0.5, 0.6) is 0 Å². The van der Waals surface area contributed by atoms with Gasteiger partial charge in [-0.15, -0.1) is 0 Å². The van der Waals surface area contributed by atoms with E-state index in [0.29, 0.717) is 18.0 Å². The molecule has 2 aromatic rings. The van der Waals surface area contributed by atoms with Gasteiger partial charge >= 0.3 is 0 Å². The zero-order valence-corrected chi connectivity index (χ0v) is 16.1. The predicted octanol–water partition coefficient (Wildman–Crippen LogP) is 2.74. The van der Waals surface area contributed by atoms with Gasteiger partial charge in [0.25, 0.3) is 0 Å². The van der Waals surface area contributed by atoms with Crippen LogP contribution in [0.2, 0.25) is 0 Å². The maximum absolute atomic E-state index is 12.7. The number of nitrogens with one attached hydrogen (secondary N) is 1. The first-order chi connectivity index (χ1) is 12.5. The van der Waals surface area contributed by atoms with Crippen molar-refractivity contribution in [3.63, 3.8) is 0 Å². The van der Waals surface area contributed by atoms with E-state index in [-0.39, 0.29) is 11.4 Å². The zero-order valence-electron chi connectivity index (χ0n) is 15.3. The van der Waals surface area contributed by atoms with Gasteiger partial charge in [0.1, 0.15) is 0 Å². The van der Waals surface area contributed by atoms with Gasteiger partial charge in [0.2, 0.25) is 10.0 Å². The van der Waals surface area contributed by atoms with Crippen LogP contribution in [-0.2, 0) is 10.0 Å². The van der Waals surface area contributed by atoms with E-state index in [4.69, 9.17) is 0 Å². The first-order valence-corrected chi connectivity index (χ1v) is 10.9. The number of piperidine rings is 1. The number of likely N-dealkylation sites (tertiary alicyclic amines) is 1. The number of aliphatic hydroxyl groups is 1. The zero-order chi connectivity index (χ0) is 18.6. The molecule has 1 heterocycles. The van der Waals surface area contributed by atoms with Crippen LogP contribution >= 0.6 is 0 Å². The minimum atomic E-state index is -3.67. The van der Waals surface area contributed by atoms with Crippen molar-refractivity contribution in [3.8, 4) is 0 Å².